The minimum Gasteiger partial charge on any atom is -0.464 e. The van der Waals surface area contributed by atoms with Crippen LogP contribution in [0.1, 0.15) is 24.2 Å². The third kappa shape index (κ3) is 3.35. The van der Waals surface area contributed by atoms with Crippen molar-refractivity contribution >= 4 is 22.5 Å². The van der Waals surface area contributed by atoms with Gasteiger partial charge in [0.15, 0.2) is 5.78 Å². The molecular formula is C19H18N2O3. The summed E-state index contributed by atoms with van der Waals surface area (Å²) in [7, 11) is 0. The first-order valence-electron chi connectivity index (χ1n) is 7.74. The van der Waals surface area contributed by atoms with E-state index >= 15 is 0 Å². The van der Waals surface area contributed by atoms with Crippen LogP contribution in [0.3, 0.4) is 0 Å². The quantitative estimate of drug-likeness (QED) is 0.533. The van der Waals surface area contributed by atoms with E-state index in [0.29, 0.717) is 12.1 Å². The summed E-state index contributed by atoms with van der Waals surface area (Å²) < 4.78 is 6.67. The highest BCUT2D eigenvalue weighted by atomic mass is 16.5. The number of Topliss-reactive ketones (excluding diaryl/α,β-unsaturated/α-hetero) is 1. The van der Waals surface area contributed by atoms with E-state index in [9.17, 15) is 9.59 Å². The van der Waals surface area contributed by atoms with E-state index in [-0.39, 0.29) is 18.4 Å². The molecule has 3 rings (SSSR count). The van der Waals surface area contributed by atoms with Gasteiger partial charge in [0.1, 0.15) is 6.61 Å². The number of carbonyl (C=O) groups excluding carboxylic acids is 2. The van der Waals surface area contributed by atoms with Crippen LogP contribution in [-0.2, 0) is 16.1 Å². The molecule has 0 amide bonds. The van der Waals surface area contributed by atoms with Gasteiger partial charge in [0.25, 0.3) is 0 Å². The second kappa shape index (κ2) is 6.66. The van der Waals surface area contributed by atoms with Gasteiger partial charge >= 0.3 is 5.97 Å². The van der Waals surface area contributed by atoms with Gasteiger partial charge in [-0.05, 0) is 35.4 Å². The summed E-state index contributed by atoms with van der Waals surface area (Å²) in [4.78, 5) is 22.6. The van der Waals surface area contributed by atoms with Crippen molar-refractivity contribution in [2.45, 2.75) is 20.4 Å². The van der Waals surface area contributed by atoms with Crippen molar-refractivity contribution in [2.75, 3.05) is 6.61 Å². The van der Waals surface area contributed by atoms with Crippen LogP contribution in [-0.4, -0.2) is 28.1 Å². The number of esters is 1. The second-order valence-electron chi connectivity index (χ2n) is 5.63. The van der Waals surface area contributed by atoms with Crippen LogP contribution in [0.25, 0.3) is 21.9 Å². The molecule has 0 radical (unpaired) electrons. The Morgan fingerprint density at radius 1 is 1.17 bits per heavy atom. The minimum atomic E-state index is -0.303. The molecule has 5 nitrogen and oxygen atoms in total. The fraction of sp³-hybridized carbons (Fsp3) is 0.211. The van der Waals surface area contributed by atoms with Gasteiger partial charge < -0.3 is 4.74 Å². The number of ether oxygens (including phenoxy) is 1. The smallest absolute Gasteiger partial charge is 0.302 e. The molecule has 5 heteroatoms. The highest BCUT2D eigenvalue weighted by Gasteiger charge is 2.10. The second-order valence-corrected chi connectivity index (χ2v) is 5.63. The Kier molecular flexibility index (Phi) is 4.42. The first kappa shape index (κ1) is 15.9. The Morgan fingerprint density at radius 3 is 2.71 bits per heavy atom. The van der Waals surface area contributed by atoms with E-state index in [2.05, 4.69) is 5.10 Å². The Balaban J connectivity index is 1.98. The molecule has 0 aliphatic carbocycles. The molecule has 0 aliphatic rings. The summed E-state index contributed by atoms with van der Waals surface area (Å²) in [5, 5.41) is 6.40. The van der Waals surface area contributed by atoms with Gasteiger partial charge in [-0.15, -0.1) is 0 Å². The maximum Gasteiger partial charge on any atom is 0.302 e. The van der Waals surface area contributed by atoms with Crippen LogP contribution < -0.4 is 0 Å². The number of nitrogens with zero attached hydrogens (tertiary/aromatic N) is 2. The van der Waals surface area contributed by atoms with Crippen molar-refractivity contribution in [3.63, 3.8) is 0 Å². The molecule has 0 saturated carbocycles. The predicted octanol–water partition coefficient (Wildman–Crippen LogP) is 3.47. The lowest BCUT2D eigenvalue weighted by Crippen LogP contribution is -2.08. The lowest BCUT2D eigenvalue weighted by molar-refractivity contribution is -0.141. The van der Waals surface area contributed by atoms with Gasteiger partial charge in [-0.3, -0.25) is 14.3 Å². The van der Waals surface area contributed by atoms with Gasteiger partial charge in [0.2, 0.25) is 0 Å². The van der Waals surface area contributed by atoms with Gasteiger partial charge in [0.05, 0.1) is 12.7 Å². The number of carbonyl (C=O) groups is 2. The molecule has 122 valence electrons. The van der Waals surface area contributed by atoms with Gasteiger partial charge in [-0.25, -0.2) is 0 Å². The largest absolute Gasteiger partial charge is 0.464 e. The molecule has 0 saturated heterocycles. The summed E-state index contributed by atoms with van der Waals surface area (Å²) >= 11 is 0. The number of rotatable bonds is 5. The lowest BCUT2D eigenvalue weighted by atomic mass is 9.96. The molecule has 0 atom stereocenters. The molecular weight excluding hydrogens is 304 g/mol. The van der Waals surface area contributed by atoms with E-state index in [1.54, 1.807) is 17.8 Å². The van der Waals surface area contributed by atoms with Gasteiger partial charge in [-0.1, -0.05) is 24.3 Å². The number of hydrogen-bond acceptors (Lipinski definition) is 4. The standard InChI is InChI=1S/C19H18N2O3/c1-13(22)16-9-15-5-3-4-6-18(15)19(10-16)17-11-20-21(12-17)7-8-24-14(2)23/h3-6,9-12H,7-8H2,1-2H3. The predicted molar refractivity (Wildman–Crippen MR) is 91.8 cm³/mol. The highest BCUT2D eigenvalue weighted by Crippen LogP contribution is 2.30. The number of aromatic nitrogens is 2. The molecule has 0 spiro atoms. The number of ketones is 1. The zero-order valence-corrected chi connectivity index (χ0v) is 13.7. The van der Waals surface area contributed by atoms with Crippen LogP contribution in [0.4, 0.5) is 0 Å². The molecule has 0 bridgehead atoms. The number of fused-ring (bicyclic) bond motifs is 1. The number of benzene rings is 2. The third-order valence-electron chi connectivity index (χ3n) is 3.84. The van der Waals surface area contributed by atoms with E-state index in [1.165, 1.54) is 6.92 Å². The van der Waals surface area contributed by atoms with Gasteiger partial charge in [0, 0.05) is 24.2 Å². The topological polar surface area (TPSA) is 61.2 Å². The van der Waals surface area contributed by atoms with Crippen molar-refractivity contribution in [3.8, 4) is 11.1 Å². The molecule has 0 N–H and O–H groups in total. The highest BCUT2D eigenvalue weighted by molar-refractivity contribution is 6.04. The van der Waals surface area contributed by atoms with Crippen molar-refractivity contribution < 1.29 is 14.3 Å². The first-order chi connectivity index (χ1) is 11.5. The lowest BCUT2D eigenvalue weighted by Gasteiger charge is -2.07. The molecule has 3 aromatic rings. The Hall–Kier alpha value is -2.95. The van der Waals surface area contributed by atoms with Gasteiger partial charge in [-0.2, -0.15) is 5.10 Å². The van der Waals surface area contributed by atoms with Crippen molar-refractivity contribution in [3.05, 3.63) is 54.4 Å². The monoisotopic (exact) mass is 322 g/mol. The molecule has 1 heterocycles. The third-order valence-corrected chi connectivity index (χ3v) is 3.84. The fourth-order valence-corrected chi connectivity index (χ4v) is 2.66. The molecule has 24 heavy (non-hydrogen) atoms. The van der Waals surface area contributed by atoms with Crippen LogP contribution in [0.2, 0.25) is 0 Å². The van der Waals surface area contributed by atoms with Crippen molar-refractivity contribution in [2.24, 2.45) is 0 Å². The molecule has 0 aliphatic heterocycles. The van der Waals surface area contributed by atoms with Crippen molar-refractivity contribution in [1.29, 1.82) is 0 Å². The fourth-order valence-electron chi connectivity index (χ4n) is 2.66. The Bertz CT molecular complexity index is 912. The molecule has 0 fully saturated rings. The minimum absolute atomic E-state index is 0.0317. The average molecular weight is 322 g/mol. The Labute approximate surface area is 139 Å². The zero-order chi connectivity index (χ0) is 17.1. The van der Waals surface area contributed by atoms with E-state index in [4.69, 9.17) is 4.74 Å². The van der Waals surface area contributed by atoms with Crippen molar-refractivity contribution in [1.82, 2.24) is 9.78 Å². The maximum absolute atomic E-state index is 11.8. The molecule has 2 aromatic carbocycles. The van der Waals surface area contributed by atoms with Crippen LogP contribution in [0, 0.1) is 0 Å². The average Bonchev–Trinajstić information content (AvgIpc) is 3.02. The zero-order valence-electron chi connectivity index (χ0n) is 13.7. The van der Waals surface area contributed by atoms with Crippen LogP contribution >= 0.6 is 0 Å². The summed E-state index contributed by atoms with van der Waals surface area (Å²) in [6, 6.07) is 11.8. The molecule has 1 aromatic heterocycles. The van der Waals surface area contributed by atoms with E-state index in [0.717, 1.165) is 21.9 Å². The maximum atomic E-state index is 11.8. The van der Waals surface area contributed by atoms with E-state index in [1.807, 2.05) is 42.6 Å². The summed E-state index contributed by atoms with van der Waals surface area (Å²) in [6.45, 7) is 3.72. The normalized spacial score (nSPS) is 10.8. The van der Waals surface area contributed by atoms with Crippen LogP contribution in [0.5, 0.6) is 0 Å². The number of hydrogen-bond donors (Lipinski definition) is 0. The molecule has 0 unspecified atom stereocenters. The van der Waals surface area contributed by atoms with Crippen LogP contribution in [0.15, 0.2) is 48.8 Å². The summed E-state index contributed by atoms with van der Waals surface area (Å²) in [5.41, 5.74) is 2.57. The SMILES string of the molecule is CC(=O)OCCn1cc(-c2cc(C(C)=O)cc3ccccc23)cn1. The summed E-state index contributed by atoms with van der Waals surface area (Å²) in [6.07, 6.45) is 3.66. The first-order valence-corrected chi connectivity index (χ1v) is 7.74. The Morgan fingerprint density at radius 2 is 1.96 bits per heavy atom. The summed E-state index contributed by atoms with van der Waals surface area (Å²) in [5.74, 6) is -0.271. The van der Waals surface area contributed by atoms with E-state index < -0.39 is 0 Å².